The van der Waals surface area contributed by atoms with Gasteiger partial charge in [0.25, 0.3) is 5.91 Å². The van der Waals surface area contributed by atoms with Gasteiger partial charge in [0.1, 0.15) is 0 Å². The first-order valence-electron chi connectivity index (χ1n) is 3.91. The molecule has 0 aromatic carbocycles. The van der Waals surface area contributed by atoms with Gasteiger partial charge in [-0.15, -0.1) is 11.3 Å². The minimum atomic E-state index is -0.00838. The molecule has 0 saturated carbocycles. The summed E-state index contributed by atoms with van der Waals surface area (Å²) in [4.78, 5) is 12.1. The van der Waals surface area contributed by atoms with Crippen LogP contribution in [-0.2, 0) is 0 Å². The minimum Gasteiger partial charge on any atom is -0.350 e. The number of likely N-dealkylation sites (N-methyl/N-ethyl adjacent to an activating group) is 1. The van der Waals surface area contributed by atoms with Crippen LogP contribution in [0, 0.1) is 0 Å². The van der Waals surface area contributed by atoms with Gasteiger partial charge in [0.15, 0.2) is 0 Å². The fourth-order valence-electron chi connectivity index (χ4n) is 0.820. The van der Waals surface area contributed by atoms with E-state index in [0.29, 0.717) is 6.54 Å². The highest BCUT2D eigenvalue weighted by molar-refractivity contribution is 9.10. The van der Waals surface area contributed by atoms with E-state index in [9.17, 15) is 4.79 Å². The summed E-state index contributed by atoms with van der Waals surface area (Å²) in [6.45, 7) is 1.45. The molecule has 2 N–H and O–H groups in total. The van der Waals surface area contributed by atoms with Gasteiger partial charge in [-0.2, -0.15) is 0 Å². The predicted molar refractivity (Wildman–Crippen MR) is 58.3 cm³/mol. The van der Waals surface area contributed by atoms with E-state index in [1.165, 1.54) is 11.3 Å². The number of carbonyl (C=O) groups is 1. The number of carbonyl (C=O) groups excluding carboxylic acids is 1. The number of thiophene rings is 1. The lowest BCUT2D eigenvalue weighted by atomic mass is 10.4. The van der Waals surface area contributed by atoms with E-state index >= 15 is 0 Å². The molecule has 0 radical (unpaired) electrons. The molecule has 1 amide bonds. The molecule has 0 aliphatic carbocycles. The zero-order valence-electron chi connectivity index (χ0n) is 7.26. The molecule has 0 atom stereocenters. The molecule has 0 saturated heterocycles. The van der Waals surface area contributed by atoms with Crippen molar-refractivity contribution < 1.29 is 4.79 Å². The smallest absolute Gasteiger partial charge is 0.261 e. The van der Waals surface area contributed by atoms with Crippen LogP contribution >= 0.6 is 27.3 Å². The molecule has 0 fully saturated rings. The van der Waals surface area contributed by atoms with Crippen molar-refractivity contribution in [1.29, 1.82) is 0 Å². The number of nitrogens with one attached hydrogen (secondary N) is 2. The lowest BCUT2D eigenvalue weighted by Gasteiger charge is -2.01. The van der Waals surface area contributed by atoms with Crippen LogP contribution in [0.25, 0.3) is 0 Å². The fourth-order valence-corrected chi connectivity index (χ4v) is 2.16. The van der Waals surface area contributed by atoms with Gasteiger partial charge in [0.2, 0.25) is 0 Å². The highest BCUT2D eigenvalue weighted by Gasteiger charge is 2.06. The molecule has 72 valence electrons. The first-order valence-corrected chi connectivity index (χ1v) is 5.58. The standard InChI is InChI=1S/C8H11BrN2OS/c1-10-2-3-11-8(12)7-4-6(9)5-13-7/h4-5,10H,2-3H2,1H3,(H,11,12). The third-order valence-electron chi connectivity index (χ3n) is 1.45. The highest BCUT2D eigenvalue weighted by Crippen LogP contribution is 2.19. The molecular weight excluding hydrogens is 252 g/mol. The summed E-state index contributed by atoms with van der Waals surface area (Å²) in [5.41, 5.74) is 0. The van der Waals surface area contributed by atoms with Gasteiger partial charge in [0.05, 0.1) is 4.88 Å². The predicted octanol–water partition coefficient (Wildman–Crippen LogP) is 1.46. The molecule has 1 aromatic heterocycles. The van der Waals surface area contributed by atoms with Crippen molar-refractivity contribution >= 4 is 33.2 Å². The van der Waals surface area contributed by atoms with E-state index in [1.807, 2.05) is 18.5 Å². The molecule has 5 heteroatoms. The first-order chi connectivity index (χ1) is 6.24. The highest BCUT2D eigenvalue weighted by atomic mass is 79.9. The summed E-state index contributed by atoms with van der Waals surface area (Å²) in [6, 6.07) is 1.82. The maximum Gasteiger partial charge on any atom is 0.261 e. The van der Waals surface area contributed by atoms with Crippen LogP contribution in [0.15, 0.2) is 15.9 Å². The van der Waals surface area contributed by atoms with Gasteiger partial charge in [-0.05, 0) is 29.0 Å². The third-order valence-corrected chi connectivity index (χ3v) is 3.14. The Labute approximate surface area is 89.7 Å². The Balaban J connectivity index is 2.40. The molecule has 0 aliphatic heterocycles. The summed E-state index contributed by atoms with van der Waals surface area (Å²) in [7, 11) is 1.86. The molecule has 0 bridgehead atoms. The largest absolute Gasteiger partial charge is 0.350 e. The van der Waals surface area contributed by atoms with Crippen LogP contribution in [-0.4, -0.2) is 26.0 Å². The number of hydrogen-bond acceptors (Lipinski definition) is 3. The molecule has 1 heterocycles. The lowest BCUT2D eigenvalue weighted by molar-refractivity contribution is 0.0958. The van der Waals surface area contributed by atoms with E-state index in [1.54, 1.807) is 0 Å². The van der Waals surface area contributed by atoms with Crippen LogP contribution < -0.4 is 10.6 Å². The van der Waals surface area contributed by atoms with E-state index in [0.717, 1.165) is 15.9 Å². The van der Waals surface area contributed by atoms with Crippen LogP contribution in [0.3, 0.4) is 0 Å². The Kier molecular flexibility index (Phi) is 4.41. The van der Waals surface area contributed by atoms with Crippen LogP contribution in [0.1, 0.15) is 9.67 Å². The van der Waals surface area contributed by atoms with E-state index in [2.05, 4.69) is 26.6 Å². The van der Waals surface area contributed by atoms with Crippen molar-refractivity contribution in [2.75, 3.05) is 20.1 Å². The maximum atomic E-state index is 11.4. The van der Waals surface area contributed by atoms with E-state index in [-0.39, 0.29) is 5.91 Å². The third kappa shape index (κ3) is 3.46. The molecule has 13 heavy (non-hydrogen) atoms. The van der Waals surface area contributed by atoms with Crippen molar-refractivity contribution in [2.45, 2.75) is 0 Å². The topological polar surface area (TPSA) is 41.1 Å². The second kappa shape index (κ2) is 5.36. The second-order valence-electron chi connectivity index (χ2n) is 2.49. The summed E-state index contributed by atoms with van der Waals surface area (Å²) in [6.07, 6.45) is 0. The van der Waals surface area contributed by atoms with Crippen molar-refractivity contribution in [1.82, 2.24) is 10.6 Å². The normalized spacial score (nSPS) is 10.0. The Hall–Kier alpha value is -0.390. The molecule has 0 spiro atoms. The maximum absolute atomic E-state index is 11.4. The quantitative estimate of drug-likeness (QED) is 0.807. The minimum absolute atomic E-state index is 0.00838. The van der Waals surface area contributed by atoms with Gasteiger partial charge in [-0.25, -0.2) is 0 Å². The second-order valence-corrected chi connectivity index (χ2v) is 4.32. The molecule has 0 unspecified atom stereocenters. The molecule has 1 aromatic rings. The monoisotopic (exact) mass is 262 g/mol. The average molecular weight is 263 g/mol. The van der Waals surface area contributed by atoms with Crippen LogP contribution in [0.2, 0.25) is 0 Å². The summed E-state index contributed by atoms with van der Waals surface area (Å²) in [5.74, 6) is -0.00838. The Morgan fingerprint density at radius 3 is 2.92 bits per heavy atom. The zero-order valence-corrected chi connectivity index (χ0v) is 9.67. The molecule has 1 rings (SSSR count). The summed E-state index contributed by atoms with van der Waals surface area (Å²) >= 11 is 4.74. The Morgan fingerprint density at radius 1 is 1.62 bits per heavy atom. The van der Waals surface area contributed by atoms with Crippen LogP contribution in [0.4, 0.5) is 0 Å². The van der Waals surface area contributed by atoms with Crippen molar-refractivity contribution in [3.8, 4) is 0 Å². The molecular formula is C8H11BrN2OS. The number of halogens is 1. The number of hydrogen-bond donors (Lipinski definition) is 2. The van der Waals surface area contributed by atoms with Gasteiger partial charge in [-0.3, -0.25) is 4.79 Å². The Morgan fingerprint density at radius 2 is 2.38 bits per heavy atom. The molecule has 0 aliphatic rings. The summed E-state index contributed by atoms with van der Waals surface area (Å²) in [5, 5.41) is 7.66. The van der Waals surface area contributed by atoms with Gasteiger partial charge < -0.3 is 10.6 Å². The van der Waals surface area contributed by atoms with Gasteiger partial charge in [0, 0.05) is 22.9 Å². The van der Waals surface area contributed by atoms with Gasteiger partial charge in [-0.1, -0.05) is 0 Å². The number of rotatable bonds is 4. The van der Waals surface area contributed by atoms with E-state index in [4.69, 9.17) is 0 Å². The first kappa shape index (κ1) is 10.7. The average Bonchev–Trinajstić information content (AvgIpc) is 2.52. The lowest BCUT2D eigenvalue weighted by Crippen LogP contribution is -2.29. The van der Waals surface area contributed by atoms with Crippen LogP contribution in [0.5, 0.6) is 0 Å². The summed E-state index contributed by atoms with van der Waals surface area (Å²) < 4.78 is 0.955. The van der Waals surface area contributed by atoms with Crippen molar-refractivity contribution in [3.05, 3.63) is 20.8 Å². The SMILES string of the molecule is CNCCNC(=O)c1cc(Br)cs1. The zero-order chi connectivity index (χ0) is 9.68. The fraction of sp³-hybridized carbons (Fsp3) is 0.375. The van der Waals surface area contributed by atoms with Crippen molar-refractivity contribution in [2.24, 2.45) is 0 Å². The number of amides is 1. The van der Waals surface area contributed by atoms with E-state index < -0.39 is 0 Å². The molecule has 3 nitrogen and oxygen atoms in total. The Bertz CT molecular complexity index is 287. The van der Waals surface area contributed by atoms with Gasteiger partial charge >= 0.3 is 0 Å². The van der Waals surface area contributed by atoms with Crippen molar-refractivity contribution in [3.63, 3.8) is 0 Å².